The molecule has 5 nitrogen and oxygen atoms in total. The van der Waals surface area contributed by atoms with Crippen LogP contribution < -0.4 is 4.90 Å². The average Bonchev–Trinajstić information content (AvgIpc) is 2.30. The van der Waals surface area contributed by atoms with Crippen molar-refractivity contribution in [3.8, 4) is 0 Å². The van der Waals surface area contributed by atoms with Gasteiger partial charge in [0.1, 0.15) is 0 Å². The van der Waals surface area contributed by atoms with Crippen molar-refractivity contribution < 1.29 is 19.8 Å². The Balaban J connectivity index is 2.86. The fraction of sp³-hybridized carbons (Fsp3) is 0.429. The van der Waals surface area contributed by atoms with Gasteiger partial charge < -0.3 is 15.1 Å². The molecule has 0 bridgehead atoms. The fourth-order valence-corrected chi connectivity index (χ4v) is 1.97. The minimum Gasteiger partial charge on any atom is -0.481 e. The maximum absolute atomic E-state index is 10.7. The van der Waals surface area contributed by atoms with E-state index in [0.29, 0.717) is 13.1 Å². The van der Waals surface area contributed by atoms with Gasteiger partial charge in [0.2, 0.25) is 0 Å². The molecule has 0 atom stereocenters. The van der Waals surface area contributed by atoms with Crippen LogP contribution in [0.25, 0.3) is 0 Å². The highest BCUT2D eigenvalue weighted by Gasteiger charge is 2.12. The number of rotatable bonds is 7. The predicted molar refractivity (Wildman–Crippen MR) is 72.6 cm³/mol. The van der Waals surface area contributed by atoms with Crippen LogP contribution >= 0.6 is 0 Å². The molecule has 1 rings (SSSR count). The molecular weight excluding hydrogens is 246 g/mol. The molecule has 0 aromatic heterocycles. The van der Waals surface area contributed by atoms with Crippen molar-refractivity contribution in [1.82, 2.24) is 0 Å². The summed E-state index contributed by atoms with van der Waals surface area (Å²) in [7, 11) is 0. The van der Waals surface area contributed by atoms with Crippen LogP contribution in [-0.4, -0.2) is 35.2 Å². The summed E-state index contributed by atoms with van der Waals surface area (Å²) in [5, 5.41) is 17.5. The Bertz CT molecular complexity index is 453. The van der Waals surface area contributed by atoms with Gasteiger partial charge in [-0.15, -0.1) is 0 Å². The van der Waals surface area contributed by atoms with Gasteiger partial charge in [0.15, 0.2) is 0 Å². The van der Waals surface area contributed by atoms with E-state index in [1.54, 1.807) is 0 Å². The van der Waals surface area contributed by atoms with E-state index in [-0.39, 0.29) is 12.8 Å². The standard InChI is InChI=1S/C14H19NO4/c1-10-3-4-12(11(2)9-10)15(7-5-13(16)17)8-6-14(18)19/h3-4,9H,5-8H2,1-2H3,(H,16,17)(H,18,19). The number of nitrogens with zero attached hydrogens (tertiary/aromatic N) is 1. The van der Waals surface area contributed by atoms with Crippen LogP contribution in [0.2, 0.25) is 0 Å². The lowest BCUT2D eigenvalue weighted by atomic mass is 10.1. The highest BCUT2D eigenvalue weighted by Crippen LogP contribution is 2.21. The second kappa shape index (κ2) is 6.78. The van der Waals surface area contributed by atoms with Crippen LogP contribution in [-0.2, 0) is 9.59 Å². The zero-order chi connectivity index (χ0) is 14.4. The Labute approximate surface area is 112 Å². The fourth-order valence-electron chi connectivity index (χ4n) is 1.97. The monoisotopic (exact) mass is 265 g/mol. The summed E-state index contributed by atoms with van der Waals surface area (Å²) in [6.07, 6.45) is -0.0140. The number of aliphatic carboxylic acids is 2. The largest absolute Gasteiger partial charge is 0.481 e. The summed E-state index contributed by atoms with van der Waals surface area (Å²) < 4.78 is 0. The summed E-state index contributed by atoms with van der Waals surface area (Å²) >= 11 is 0. The zero-order valence-corrected chi connectivity index (χ0v) is 11.2. The molecule has 0 aliphatic heterocycles. The van der Waals surface area contributed by atoms with E-state index >= 15 is 0 Å². The van der Waals surface area contributed by atoms with E-state index < -0.39 is 11.9 Å². The summed E-state index contributed by atoms with van der Waals surface area (Å²) in [4.78, 5) is 23.2. The Kier molecular flexibility index (Phi) is 5.36. The van der Waals surface area contributed by atoms with Crippen LogP contribution in [0.5, 0.6) is 0 Å². The Morgan fingerprint density at radius 1 is 1.05 bits per heavy atom. The lowest BCUT2D eigenvalue weighted by Gasteiger charge is -2.25. The third-order valence-electron chi connectivity index (χ3n) is 2.88. The first kappa shape index (κ1) is 15.0. The highest BCUT2D eigenvalue weighted by atomic mass is 16.4. The van der Waals surface area contributed by atoms with Gasteiger partial charge in [-0.3, -0.25) is 9.59 Å². The summed E-state index contributed by atoms with van der Waals surface area (Å²) in [6.45, 7) is 4.55. The van der Waals surface area contributed by atoms with E-state index in [4.69, 9.17) is 10.2 Å². The van der Waals surface area contributed by atoms with Crippen molar-refractivity contribution in [2.24, 2.45) is 0 Å². The number of carboxylic acids is 2. The molecule has 0 saturated carbocycles. The molecule has 0 aliphatic carbocycles. The quantitative estimate of drug-likeness (QED) is 0.789. The molecule has 1 aromatic carbocycles. The SMILES string of the molecule is Cc1ccc(N(CCC(=O)O)CCC(=O)O)c(C)c1. The van der Waals surface area contributed by atoms with Crippen molar-refractivity contribution in [1.29, 1.82) is 0 Å². The van der Waals surface area contributed by atoms with Crippen molar-refractivity contribution in [3.05, 3.63) is 29.3 Å². The first-order chi connectivity index (χ1) is 8.90. The molecule has 104 valence electrons. The van der Waals surface area contributed by atoms with Gasteiger partial charge >= 0.3 is 11.9 Å². The van der Waals surface area contributed by atoms with E-state index in [9.17, 15) is 9.59 Å². The molecule has 5 heteroatoms. The Hall–Kier alpha value is -2.04. The molecule has 1 aromatic rings. The maximum atomic E-state index is 10.7. The van der Waals surface area contributed by atoms with Gasteiger partial charge in [-0.25, -0.2) is 0 Å². The molecule has 2 N–H and O–H groups in total. The molecular formula is C14H19NO4. The van der Waals surface area contributed by atoms with Crippen LogP contribution in [0, 0.1) is 13.8 Å². The molecule has 0 fully saturated rings. The van der Waals surface area contributed by atoms with Crippen LogP contribution in [0.15, 0.2) is 18.2 Å². The number of hydrogen-bond donors (Lipinski definition) is 2. The van der Waals surface area contributed by atoms with Gasteiger partial charge in [0.25, 0.3) is 0 Å². The summed E-state index contributed by atoms with van der Waals surface area (Å²) in [5.74, 6) is -1.77. The maximum Gasteiger partial charge on any atom is 0.305 e. The second-order valence-electron chi connectivity index (χ2n) is 4.56. The van der Waals surface area contributed by atoms with Crippen molar-refractivity contribution >= 4 is 17.6 Å². The van der Waals surface area contributed by atoms with Crippen molar-refractivity contribution in [3.63, 3.8) is 0 Å². The van der Waals surface area contributed by atoms with Crippen molar-refractivity contribution in [2.75, 3.05) is 18.0 Å². The highest BCUT2D eigenvalue weighted by molar-refractivity contribution is 5.69. The number of aryl methyl sites for hydroxylation is 2. The van der Waals surface area contributed by atoms with Crippen LogP contribution in [0.4, 0.5) is 5.69 Å². The number of carbonyl (C=O) groups is 2. The number of hydrogen-bond acceptors (Lipinski definition) is 3. The van der Waals surface area contributed by atoms with E-state index in [1.807, 2.05) is 36.9 Å². The first-order valence-corrected chi connectivity index (χ1v) is 6.16. The molecule has 0 saturated heterocycles. The van der Waals surface area contributed by atoms with Crippen molar-refractivity contribution in [2.45, 2.75) is 26.7 Å². The Morgan fingerprint density at radius 3 is 2.00 bits per heavy atom. The third kappa shape index (κ3) is 4.99. The van der Waals surface area contributed by atoms with Crippen LogP contribution in [0.1, 0.15) is 24.0 Å². The van der Waals surface area contributed by atoms with Gasteiger partial charge in [0, 0.05) is 18.8 Å². The predicted octanol–water partition coefficient (Wildman–Crippen LogP) is 2.06. The van der Waals surface area contributed by atoms with Gasteiger partial charge in [-0.1, -0.05) is 17.7 Å². The average molecular weight is 265 g/mol. The second-order valence-corrected chi connectivity index (χ2v) is 4.56. The summed E-state index contributed by atoms with van der Waals surface area (Å²) in [6, 6.07) is 5.86. The lowest BCUT2D eigenvalue weighted by molar-refractivity contribution is -0.137. The normalized spacial score (nSPS) is 10.2. The topological polar surface area (TPSA) is 77.8 Å². The molecule has 0 aliphatic rings. The summed E-state index contributed by atoms with van der Waals surface area (Å²) in [5.41, 5.74) is 3.04. The number of anilines is 1. The first-order valence-electron chi connectivity index (χ1n) is 6.16. The number of carboxylic acid groups (broad SMARTS) is 2. The molecule has 19 heavy (non-hydrogen) atoms. The third-order valence-corrected chi connectivity index (χ3v) is 2.88. The molecule has 0 radical (unpaired) electrons. The van der Waals surface area contributed by atoms with Gasteiger partial charge in [-0.05, 0) is 25.5 Å². The van der Waals surface area contributed by atoms with E-state index in [2.05, 4.69) is 0 Å². The van der Waals surface area contributed by atoms with E-state index in [1.165, 1.54) is 0 Å². The van der Waals surface area contributed by atoms with E-state index in [0.717, 1.165) is 16.8 Å². The lowest BCUT2D eigenvalue weighted by Crippen LogP contribution is -2.29. The van der Waals surface area contributed by atoms with Crippen LogP contribution in [0.3, 0.4) is 0 Å². The molecule has 0 amide bonds. The minimum absolute atomic E-state index is 0.00701. The van der Waals surface area contributed by atoms with Gasteiger partial charge in [0.05, 0.1) is 12.8 Å². The molecule has 0 spiro atoms. The molecule has 0 unspecified atom stereocenters. The zero-order valence-electron chi connectivity index (χ0n) is 11.2. The number of benzene rings is 1. The molecule has 0 heterocycles. The smallest absolute Gasteiger partial charge is 0.305 e. The Morgan fingerprint density at radius 2 is 1.58 bits per heavy atom. The minimum atomic E-state index is -0.884. The van der Waals surface area contributed by atoms with Gasteiger partial charge in [-0.2, -0.15) is 0 Å².